The van der Waals surface area contributed by atoms with E-state index in [0.717, 1.165) is 25.0 Å². The summed E-state index contributed by atoms with van der Waals surface area (Å²) >= 11 is 5.72. The van der Waals surface area contributed by atoms with Crippen LogP contribution >= 0.6 is 11.6 Å². The molecule has 2 atom stereocenters. The number of halogens is 4. The lowest BCUT2D eigenvalue weighted by Gasteiger charge is -2.29. The predicted octanol–water partition coefficient (Wildman–Crippen LogP) is 2.91. The highest BCUT2D eigenvalue weighted by Crippen LogP contribution is 2.37. The van der Waals surface area contributed by atoms with E-state index >= 15 is 0 Å². The fourth-order valence-corrected chi connectivity index (χ4v) is 4.66. The van der Waals surface area contributed by atoms with Gasteiger partial charge in [0, 0.05) is 12.1 Å². The Labute approximate surface area is 131 Å². The van der Waals surface area contributed by atoms with Gasteiger partial charge in [0.1, 0.15) is 4.90 Å². The molecule has 3 N–H and O–H groups in total. The largest absolute Gasteiger partial charge is 0.417 e. The average molecular weight is 357 g/mol. The Hall–Kier alpha value is -0.830. The number of nitrogens with one attached hydrogen (secondary N) is 1. The minimum atomic E-state index is -4.82. The van der Waals surface area contributed by atoms with E-state index in [-0.39, 0.29) is 0 Å². The highest BCUT2D eigenvalue weighted by atomic mass is 35.5. The van der Waals surface area contributed by atoms with Crippen LogP contribution in [-0.2, 0) is 16.2 Å². The summed E-state index contributed by atoms with van der Waals surface area (Å²) in [4.78, 5) is -0.943. The predicted molar refractivity (Wildman–Crippen MR) is 77.0 cm³/mol. The molecule has 0 spiro atoms. The fraction of sp³-hybridized carbons (Fsp3) is 0.538. The molecule has 0 unspecified atom stereocenters. The monoisotopic (exact) mass is 356 g/mol. The molecular weight excluding hydrogens is 341 g/mol. The molecule has 4 nitrogen and oxygen atoms in total. The maximum absolute atomic E-state index is 13.0. The maximum atomic E-state index is 13.0. The lowest BCUT2D eigenvalue weighted by molar-refractivity contribution is -0.139. The van der Waals surface area contributed by atoms with E-state index in [0.29, 0.717) is 18.9 Å². The number of hydrogen-bond donors (Lipinski definition) is 2. The van der Waals surface area contributed by atoms with Gasteiger partial charge in [0.2, 0.25) is 10.0 Å². The number of alkyl halides is 3. The summed E-state index contributed by atoms with van der Waals surface area (Å²) in [5.41, 5.74) is 4.56. The number of nitrogens with two attached hydrogens (primary N) is 1. The van der Waals surface area contributed by atoms with Gasteiger partial charge in [-0.05, 0) is 25.0 Å². The van der Waals surface area contributed by atoms with Crippen molar-refractivity contribution in [1.29, 1.82) is 0 Å². The minimum Gasteiger partial charge on any atom is -0.326 e. The molecule has 9 heteroatoms. The Morgan fingerprint density at radius 2 is 1.86 bits per heavy atom. The Kier molecular flexibility index (Phi) is 5.06. The minimum absolute atomic E-state index is 0.416. The van der Waals surface area contributed by atoms with Crippen LogP contribution in [0.25, 0.3) is 0 Å². The second kappa shape index (κ2) is 6.35. The number of hydrogen-bond acceptors (Lipinski definition) is 3. The van der Waals surface area contributed by atoms with Crippen molar-refractivity contribution in [3.05, 3.63) is 28.8 Å². The summed E-state index contributed by atoms with van der Waals surface area (Å²) in [5.74, 6) is 0. The van der Waals surface area contributed by atoms with Crippen molar-refractivity contribution < 1.29 is 21.6 Å². The van der Waals surface area contributed by atoms with Gasteiger partial charge in [-0.15, -0.1) is 0 Å². The number of rotatable bonds is 3. The van der Waals surface area contributed by atoms with Crippen LogP contribution in [-0.4, -0.2) is 20.5 Å². The summed E-state index contributed by atoms with van der Waals surface area (Å²) in [6.07, 6.45) is -2.05. The Bertz CT molecular complexity index is 649. The standard InChI is InChI=1S/C13H16ClF3N2O2S/c14-9-5-3-4-8(13(15,16)17)12(9)22(20,21)19-11-7-2-1-6-10(11)18/h3-5,10-11,19H,1-2,6-7,18H2/t10-,11-/m1/s1. The van der Waals surface area contributed by atoms with E-state index in [2.05, 4.69) is 4.72 Å². The highest BCUT2D eigenvalue weighted by Gasteiger charge is 2.39. The van der Waals surface area contributed by atoms with E-state index < -0.39 is 43.8 Å². The molecule has 0 aliphatic heterocycles. The summed E-state index contributed by atoms with van der Waals surface area (Å²) in [5, 5.41) is -0.466. The zero-order valence-electron chi connectivity index (χ0n) is 11.5. The first kappa shape index (κ1) is 17.5. The second-order valence-electron chi connectivity index (χ2n) is 5.29. The third kappa shape index (κ3) is 3.73. The number of sulfonamides is 1. The zero-order chi connectivity index (χ0) is 16.5. The third-order valence-corrected chi connectivity index (χ3v) is 5.68. The molecule has 0 amide bonds. The molecular formula is C13H16ClF3N2O2S. The van der Waals surface area contributed by atoms with Crippen LogP contribution in [0.5, 0.6) is 0 Å². The molecule has 1 aliphatic rings. The lowest BCUT2D eigenvalue weighted by Crippen LogP contribution is -2.49. The Morgan fingerprint density at radius 3 is 2.45 bits per heavy atom. The molecule has 0 radical (unpaired) electrons. The quantitative estimate of drug-likeness (QED) is 0.874. The van der Waals surface area contributed by atoms with E-state index in [1.165, 1.54) is 0 Å². The van der Waals surface area contributed by atoms with Gasteiger partial charge in [0.15, 0.2) is 0 Å². The Balaban J connectivity index is 2.41. The zero-order valence-corrected chi connectivity index (χ0v) is 13.1. The second-order valence-corrected chi connectivity index (χ2v) is 7.35. The van der Waals surface area contributed by atoms with Crippen LogP contribution in [0.15, 0.2) is 23.1 Å². The van der Waals surface area contributed by atoms with Crippen LogP contribution < -0.4 is 10.5 Å². The smallest absolute Gasteiger partial charge is 0.326 e. The van der Waals surface area contributed by atoms with Crippen molar-refractivity contribution >= 4 is 21.6 Å². The summed E-state index contributed by atoms with van der Waals surface area (Å²) in [7, 11) is -4.42. The molecule has 1 aromatic rings. The van der Waals surface area contributed by atoms with Gasteiger partial charge in [-0.2, -0.15) is 13.2 Å². The summed E-state index contributed by atoms with van der Waals surface area (Å²) in [6.45, 7) is 0. The van der Waals surface area contributed by atoms with Crippen LogP contribution in [0.4, 0.5) is 13.2 Å². The van der Waals surface area contributed by atoms with Crippen LogP contribution in [0.2, 0.25) is 5.02 Å². The molecule has 22 heavy (non-hydrogen) atoms. The molecule has 1 saturated carbocycles. The van der Waals surface area contributed by atoms with E-state index in [1.54, 1.807) is 0 Å². The fourth-order valence-electron chi connectivity index (χ4n) is 2.57. The molecule has 0 bridgehead atoms. The van der Waals surface area contributed by atoms with Crippen LogP contribution in [0.3, 0.4) is 0 Å². The molecule has 1 aromatic carbocycles. The SMILES string of the molecule is N[C@@H]1CCCC[C@H]1NS(=O)(=O)c1c(Cl)cccc1C(F)(F)F. The van der Waals surface area contributed by atoms with Gasteiger partial charge in [0.25, 0.3) is 0 Å². The van der Waals surface area contributed by atoms with Crippen molar-refractivity contribution in [2.75, 3.05) is 0 Å². The molecule has 0 heterocycles. The lowest BCUT2D eigenvalue weighted by atomic mass is 9.92. The Morgan fingerprint density at radius 1 is 1.23 bits per heavy atom. The van der Waals surface area contributed by atoms with Crippen molar-refractivity contribution in [3.63, 3.8) is 0 Å². The van der Waals surface area contributed by atoms with Gasteiger partial charge < -0.3 is 5.73 Å². The molecule has 2 rings (SSSR count). The van der Waals surface area contributed by atoms with Crippen molar-refractivity contribution in [1.82, 2.24) is 4.72 Å². The van der Waals surface area contributed by atoms with E-state index in [1.807, 2.05) is 0 Å². The van der Waals surface area contributed by atoms with Crippen LogP contribution in [0.1, 0.15) is 31.2 Å². The maximum Gasteiger partial charge on any atom is 0.417 e. The van der Waals surface area contributed by atoms with Crippen molar-refractivity contribution in [2.24, 2.45) is 5.73 Å². The average Bonchev–Trinajstić information content (AvgIpc) is 2.39. The summed E-state index contributed by atoms with van der Waals surface area (Å²) < 4.78 is 66.2. The van der Waals surface area contributed by atoms with Gasteiger partial charge in [-0.25, -0.2) is 13.1 Å². The third-order valence-electron chi connectivity index (χ3n) is 3.67. The molecule has 0 saturated heterocycles. The van der Waals surface area contributed by atoms with Crippen LogP contribution in [0, 0.1) is 0 Å². The van der Waals surface area contributed by atoms with Gasteiger partial charge in [-0.1, -0.05) is 30.5 Å². The van der Waals surface area contributed by atoms with Gasteiger partial charge in [0.05, 0.1) is 10.6 Å². The first-order valence-corrected chi connectivity index (χ1v) is 8.62. The van der Waals surface area contributed by atoms with Crippen molar-refractivity contribution in [3.8, 4) is 0 Å². The number of benzene rings is 1. The molecule has 0 aromatic heterocycles. The topological polar surface area (TPSA) is 72.2 Å². The molecule has 124 valence electrons. The van der Waals surface area contributed by atoms with E-state index in [4.69, 9.17) is 17.3 Å². The van der Waals surface area contributed by atoms with E-state index in [9.17, 15) is 21.6 Å². The summed E-state index contributed by atoms with van der Waals surface area (Å²) in [6, 6.07) is 1.88. The first-order chi connectivity index (χ1) is 10.1. The van der Waals surface area contributed by atoms with Gasteiger partial charge >= 0.3 is 6.18 Å². The van der Waals surface area contributed by atoms with Crippen molar-refractivity contribution in [2.45, 2.75) is 48.8 Å². The molecule has 1 fully saturated rings. The normalized spacial score (nSPS) is 23.5. The first-order valence-electron chi connectivity index (χ1n) is 6.76. The highest BCUT2D eigenvalue weighted by molar-refractivity contribution is 7.89. The molecule has 1 aliphatic carbocycles. The van der Waals surface area contributed by atoms with Gasteiger partial charge in [-0.3, -0.25) is 0 Å².